The lowest BCUT2D eigenvalue weighted by molar-refractivity contribution is 0.349. The SMILES string of the molecule is CCCCC(NCCC(C)(C)C)c1ccc(F)cc1. The second-order valence-corrected chi connectivity index (χ2v) is 6.51. The Morgan fingerprint density at radius 3 is 2.32 bits per heavy atom. The molecule has 0 fully saturated rings. The summed E-state index contributed by atoms with van der Waals surface area (Å²) in [5.41, 5.74) is 1.55. The van der Waals surface area contributed by atoms with E-state index in [1.165, 1.54) is 18.4 Å². The summed E-state index contributed by atoms with van der Waals surface area (Å²) in [5.74, 6) is -0.160. The summed E-state index contributed by atoms with van der Waals surface area (Å²) in [6.45, 7) is 9.99. The Kier molecular flexibility index (Phi) is 6.50. The predicted octanol–water partition coefficient (Wildman–Crippen LogP) is 5.08. The Morgan fingerprint density at radius 2 is 1.79 bits per heavy atom. The Morgan fingerprint density at radius 1 is 1.16 bits per heavy atom. The van der Waals surface area contributed by atoms with Gasteiger partial charge in [-0.25, -0.2) is 4.39 Å². The molecule has 108 valence electrons. The molecule has 1 N–H and O–H groups in total. The van der Waals surface area contributed by atoms with Crippen LogP contribution in [-0.4, -0.2) is 6.54 Å². The first-order chi connectivity index (χ1) is 8.92. The Labute approximate surface area is 117 Å². The second kappa shape index (κ2) is 7.64. The Balaban J connectivity index is 2.58. The highest BCUT2D eigenvalue weighted by molar-refractivity contribution is 5.19. The largest absolute Gasteiger partial charge is 0.310 e. The van der Waals surface area contributed by atoms with Crippen LogP contribution in [0.25, 0.3) is 0 Å². The fraction of sp³-hybridized carbons (Fsp3) is 0.647. The first kappa shape index (κ1) is 16.2. The first-order valence-electron chi connectivity index (χ1n) is 7.41. The lowest BCUT2D eigenvalue weighted by atomic mass is 9.92. The van der Waals surface area contributed by atoms with Gasteiger partial charge < -0.3 is 5.32 Å². The molecule has 0 saturated carbocycles. The van der Waals surface area contributed by atoms with Crippen molar-refractivity contribution in [3.63, 3.8) is 0 Å². The van der Waals surface area contributed by atoms with Crippen LogP contribution in [0.4, 0.5) is 4.39 Å². The molecule has 0 amide bonds. The molecule has 1 rings (SSSR count). The van der Waals surface area contributed by atoms with E-state index in [0.29, 0.717) is 11.5 Å². The zero-order valence-electron chi connectivity index (χ0n) is 12.8. The van der Waals surface area contributed by atoms with Crippen molar-refractivity contribution >= 4 is 0 Å². The topological polar surface area (TPSA) is 12.0 Å². The number of hydrogen-bond acceptors (Lipinski definition) is 1. The minimum absolute atomic E-state index is 0.160. The highest BCUT2D eigenvalue weighted by Crippen LogP contribution is 2.22. The average Bonchev–Trinajstić information content (AvgIpc) is 2.33. The predicted molar refractivity (Wildman–Crippen MR) is 80.7 cm³/mol. The van der Waals surface area contributed by atoms with Crippen molar-refractivity contribution in [1.82, 2.24) is 5.32 Å². The molecule has 1 unspecified atom stereocenters. The fourth-order valence-corrected chi connectivity index (χ4v) is 2.11. The average molecular weight is 265 g/mol. The third-order valence-electron chi connectivity index (χ3n) is 3.38. The summed E-state index contributed by atoms with van der Waals surface area (Å²) >= 11 is 0. The van der Waals surface area contributed by atoms with Crippen molar-refractivity contribution in [2.45, 2.75) is 59.4 Å². The van der Waals surface area contributed by atoms with Gasteiger partial charge in [-0.05, 0) is 42.5 Å². The van der Waals surface area contributed by atoms with Gasteiger partial charge in [0.25, 0.3) is 0 Å². The van der Waals surface area contributed by atoms with Crippen LogP contribution in [0, 0.1) is 11.2 Å². The van der Waals surface area contributed by atoms with Gasteiger partial charge in [-0.15, -0.1) is 0 Å². The van der Waals surface area contributed by atoms with Gasteiger partial charge in [0.1, 0.15) is 5.82 Å². The lowest BCUT2D eigenvalue weighted by Gasteiger charge is -2.23. The number of rotatable bonds is 7. The molecule has 0 saturated heterocycles. The molecule has 0 aliphatic heterocycles. The zero-order chi connectivity index (χ0) is 14.3. The molecule has 1 atom stereocenters. The van der Waals surface area contributed by atoms with Crippen molar-refractivity contribution in [2.75, 3.05) is 6.54 Å². The van der Waals surface area contributed by atoms with Gasteiger partial charge in [-0.1, -0.05) is 52.7 Å². The molecule has 1 aromatic carbocycles. The van der Waals surface area contributed by atoms with Crippen LogP contribution in [0.15, 0.2) is 24.3 Å². The van der Waals surface area contributed by atoms with Crippen molar-refractivity contribution in [2.24, 2.45) is 5.41 Å². The molecular formula is C17H28FN. The summed E-state index contributed by atoms with van der Waals surface area (Å²) in [7, 11) is 0. The van der Waals surface area contributed by atoms with E-state index in [4.69, 9.17) is 0 Å². The molecular weight excluding hydrogens is 237 g/mol. The van der Waals surface area contributed by atoms with Crippen molar-refractivity contribution in [3.05, 3.63) is 35.6 Å². The van der Waals surface area contributed by atoms with E-state index < -0.39 is 0 Å². The van der Waals surface area contributed by atoms with Gasteiger partial charge in [-0.3, -0.25) is 0 Å². The smallest absolute Gasteiger partial charge is 0.123 e. The molecule has 0 heterocycles. The summed E-state index contributed by atoms with van der Waals surface area (Å²) in [4.78, 5) is 0. The molecule has 0 spiro atoms. The van der Waals surface area contributed by atoms with Crippen molar-refractivity contribution in [3.8, 4) is 0 Å². The summed E-state index contributed by atoms with van der Waals surface area (Å²) in [5, 5.41) is 3.62. The van der Waals surface area contributed by atoms with E-state index in [9.17, 15) is 4.39 Å². The van der Waals surface area contributed by atoms with Crippen molar-refractivity contribution in [1.29, 1.82) is 0 Å². The molecule has 0 aromatic heterocycles. The number of hydrogen-bond donors (Lipinski definition) is 1. The molecule has 1 aromatic rings. The minimum Gasteiger partial charge on any atom is -0.310 e. The van der Waals surface area contributed by atoms with Gasteiger partial charge in [0.15, 0.2) is 0 Å². The first-order valence-corrected chi connectivity index (χ1v) is 7.41. The van der Waals surface area contributed by atoms with Crippen LogP contribution >= 0.6 is 0 Å². The molecule has 0 bridgehead atoms. The van der Waals surface area contributed by atoms with E-state index in [-0.39, 0.29) is 5.82 Å². The fourth-order valence-electron chi connectivity index (χ4n) is 2.11. The maximum atomic E-state index is 13.0. The molecule has 0 aliphatic carbocycles. The van der Waals surface area contributed by atoms with Crippen LogP contribution in [0.3, 0.4) is 0 Å². The van der Waals surface area contributed by atoms with Gasteiger partial charge in [0, 0.05) is 6.04 Å². The van der Waals surface area contributed by atoms with Crippen LogP contribution in [0.2, 0.25) is 0 Å². The Bertz CT molecular complexity index is 351. The number of nitrogens with one attached hydrogen (secondary N) is 1. The highest BCUT2D eigenvalue weighted by atomic mass is 19.1. The normalized spacial score (nSPS) is 13.5. The standard InChI is InChI=1S/C17H28FN/c1-5-6-7-16(19-13-12-17(2,3)4)14-8-10-15(18)11-9-14/h8-11,16,19H,5-7,12-13H2,1-4H3. The molecule has 2 heteroatoms. The summed E-state index contributed by atoms with van der Waals surface area (Å²) in [6.07, 6.45) is 4.66. The second-order valence-electron chi connectivity index (χ2n) is 6.51. The summed E-state index contributed by atoms with van der Waals surface area (Å²) < 4.78 is 13.0. The van der Waals surface area contributed by atoms with E-state index in [2.05, 4.69) is 33.0 Å². The van der Waals surface area contributed by atoms with E-state index in [1.807, 2.05) is 12.1 Å². The third kappa shape index (κ3) is 6.72. The molecule has 1 nitrogen and oxygen atoms in total. The maximum Gasteiger partial charge on any atom is 0.123 e. The van der Waals surface area contributed by atoms with Gasteiger partial charge >= 0.3 is 0 Å². The maximum absolute atomic E-state index is 13.0. The molecule has 0 aliphatic rings. The third-order valence-corrected chi connectivity index (χ3v) is 3.38. The lowest BCUT2D eigenvalue weighted by Crippen LogP contribution is -2.25. The Hall–Kier alpha value is -0.890. The van der Waals surface area contributed by atoms with Crippen LogP contribution < -0.4 is 5.32 Å². The van der Waals surface area contributed by atoms with E-state index >= 15 is 0 Å². The van der Waals surface area contributed by atoms with E-state index in [0.717, 1.165) is 19.4 Å². The van der Waals surface area contributed by atoms with Crippen LogP contribution in [0.5, 0.6) is 0 Å². The molecule has 19 heavy (non-hydrogen) atoms. The van der Waals surface area contributed by atoms with E-state index in [1.54, 1.807) is 12.1 Å². The zero-order valence-corrected chi connectivity index (χ0v) is 12.8. The van der Waals surface area contributed by atoms with Crippen LogP contribution in [0.1, 0.15) is 65.0 Å². The number of benzene rings is 1. The number of halogens is 1. The minimum atomic E-state index is -0.160. The van der Waals surface area contributed by atoms with Gasteiger partial charge in [0.2, 0.25) is 0 Å². The van der Waals surface area contributed by atoms with Crippen molar-refractivity contribution < 1.29 is 4.39 Å². The van der Waals surface area contributed by atoms with Gasteiger partial charge in [-0.2, -0.15) is 0 Å². The van der Waals surface area contributed by atoms with Crippen LogP contribution in [-0.2, 0) is 0 Å². The number of unbranched alkanes of at least 4 members (excludes halogenated alkanes) is 1. The quantitative estimate of drug-likeness (QED) is 0.724. The monoisotopic (exact) mass is 265 g/mol. The molecule has 0 radical (unpaired) electrons. The highest BCUT2D eigenvalue weighted by Gasteiger charge is 2.13. The summed E-state index contributed by atoms with van der Waals surface area (Å²) in [6, 6.07) is 7.27. The van der Waals surface area contributed by atoms with Gasteiger partial charge in [0.05, 0.1) is 0 Å².